The van der Waals surface area contributed by atoms with Crippen molar-refractivity contribution in [3.05, 3.63) is 65.7 Å². The third-order valence-electron chi connectivity index (χ3n) is 3.85. The van der Waals surface area contributed by atoms with Crippen molar-refractivity contribution in [3.8, 4) is 11.5 Å². The quantitative estimate of drug-likeness (QED) is 0.648. The molecule has 0 heterocycles. The van der Waals surface area contributed by atoms with Gasteiger partial charge in [0.05, 0.1) is 13.7 Å². The fourth-order valence-corrected chi connectivity index (χ4v) is 2.62. The molecule has 0 saturated heterocycles. The summed E-state index contributed by atoms with van der Waals surface area (Å²) in [5.74, 6) is 1.61. The lowest BCUT2D eigenvalue weighted by Crippen LogP contribution is -2.05. The summed E-state index contributed by atoms with van der Waals surface area (Å²) >= 11 is 0. The third-order valence-corrected chi connectivity index (χ3v) is 3.85. The molecule has 0 saturated carbocycles. The van der Waals surface area contributed by atoms with E-state index in [-0.39, 0.29) is 0 Å². The molecule has 0 amide bonds. The van der Waals surface area contributed by atoms with Crippen LogP contribution in [0.15, 0.2) is 49.1 Å². The molecule has 3 nitrogen and oxygen atoms in total. The number of nitrogens with one attached hydrogen (secondary N) is 1. The minimum Gasteiger partial charge on any atom is -0.493 e. The Bertz CT molecular complexity index is 680. The first-order valence-corrected chi connectivity index (χ1v) is 8.42. The van der Waals surface area contributed by atoms with E-state index in [1.54, 1.807) is 7.11 Å². The van der Waals surface area contributed by atoms with Crippen molar-refractivity contribution in [1.29, 1.82) is 0 Å². The van der Waals surface area contributed by atoms with Crippen molar-refractivity contribution >= 4 is 5.69 Å². The average molecular weight is 325 g/mol. The lowest BCUT2D eigenvalue weighted by Gasteiger charge is -2.17. The SMILES string of the molecule is C=CCc1cc(CNc2ccccc2C)cc(OC)c1OCCC. The molecule has 0 spiro atoms. The second kappa shape index (κ2) is 9.02. The molecular weight excluding hydrogens is 298 g/mol. The lowest BCUT2D eigenvalue weighted by molar-refractivity contribution is 0.291. The number of hydrogen-bond acceptors (Lipinski definition) is 3. The lowest BCUT2D eigenvalue weighted by atomic mass is 10.0. The molecule has 0 aliphatic heterocycles. The zero-order valence-corrected chi connectivity index (χ0v) is 14.9. The summed E-state index contributed by atoms with van der Waals surface area (Å²) < 4.78 is 11.5. The van der Waals surface area contributed by atoms with Crippen LogP contribution < -0.4 is 14.8 Å². The molecule has 2 aromatic carbocycles. The summed E-state index contributed by atoms with van der Waals surface area (Å²) in [4.78, 5) is 0. The Morgan fingerprint density at radius 3 is 2.67 bits per heavy atom. The standard InChI is InChI=1S/C21H27NO2/c1-5-9-18-13-17(14-20(23-4)21(18)24-12-6-2)15-22-19-11-8-7-10-16(19)3/h5,7-8,10-11,13-14,22H,1,6,9,12,15H2,2-4H3. The first-order chi connectivity index (χ1) is 11.7. The highest BCUT2D eigenvalue weighted by atomic mass is 16.5. The predicted molar refractivity (Wildman–Crippen MR) is 101 cm³/mol. The van der Waals surface area contributed by atoms with E-state index in [9.17, 15) is 0 Å². The van der Waals surface area contributed by atoms with Gasteiger partial charge in [-0.2, -0.15) is 0 Å². The summed E-state index contributed by atoms with van der Waals surface area (Å²) in [5, 5.41) is 3.49. The normalized spacial score (nSPS) is 10.3. The van der Waals surface area contributed by atoms with Crippen LogP contribution in [0.4, 0.5) is 5.69 Å². The van der Waals surface area contributed by atoms with E-state index in [2.05, 4.69) is 43.9 Å². The molecule has 24 heavy (non-hydrogen) atoms. The van der Waals surface area contributed by atoms with Crippen LogP contribution in [0.5, 0.6) is 11.5 Å². The van der Waals surface area contributed by atoms with Crippen LogP contribution in [0.2, 0.25) is 0 Å². The summed E-state index contributed by atoms with van der Waals surface area (Å²) in [7, 11) is 1.68. The van der Waals surface area contributed by atoms with Crippen LogP contribution in [0.25, 0.3) is 0 Å². The zero-order chi connectivity index (χ0) is 17.4. The Kier molecular flexibility index (Phi) is 6.74. The van der Waals surface area contributed by atoms with E-state index < -0.39 is 0 Å². The third kappa shape index (κ3) is 4.54. The monoisotopic (exact) mass is 325 g/mol. The Morgan fingerprint density at radius 2 is 2.00 bits per heavy atom. The van der Waals surface area contributed by atoms with Crippen molar-refractivity contribution in [2.24, 2.45) is 0 Å². The zero-order valence-electron chi connectivity index (χ0n) is 14.9. The number of aryl methyl sites for hydroxylation is 1. The summed E-state index contributed by atoms with van der Waals surface area (Å²) in [5.41, 5.74) is 4.65. The molecule has 0 atom stereocenters. The minimum absolute atomic E-state index is 0.682. The van der Waals surface area contributed by atoms with Crippen LogP contribution in [-0.4, -0.2) is 13.7 Å². The van der Waals surface area contributed by atoms with E-state index in [1.807, 2.05) is 24.3 Å². The van der Waals surface area contributed by atoms with Gasteiger partial charge in [0.1, 0.15) is 0 Å². The van der Waals surface area contributed by atoms with E-state index in [4.69, 9.17) is 9.47 Å². The van der Waals surface area contributed by atoms with Gasteiger partial charge in [-0.25, -0.2) is 0 Å². The van der Waals surface area contributed by atoms with Gasteiger partial charge in [0, 0.05) is 17.8 Å². The summed E-state index contributed by atoms with van der Waals surface area (Å²) in [6, 6.07) is 12.5. The van der Waals surface area contributed by atoms with Gasteiger partial charge in [-0.15, -0.1) is 6.58 Å². The van der Waals surface area contributed by atoms with Gasteiger partial charge in [-0.3, -0.25) is 0 Å². The van der Waals surface area contributed by atoms with Gasteiger partial charge >= 0.3 is 0 Å². The topological polar surface area (TPSA) is 30.5 Å². The molecule has 1 N–H and O–H groups in total. The number of methoxy groups -OCH3 is 1. The Balaban J connectivity index is 2.25. The number of rotatable bonds is 9. The van der Waals surface area contributed by atoms with Crippen molar-refractivity contribution < 1.29 is 9.47 Å². The summed E-state index contributed by atoms with van der Waals surface area (Å²) in [6.07, 6.45) is 3.62. The van der Waals surface area contributed by atoms with Crippen molar-refractivity contribution in [1.82, 2.24) is 0 Å². The molecule has 2 rings (SSSR count). The molecule has 0 radical (unpaired) electrons. The average Bonchev–Trinajstić information content (AvgIpc) is 2.60. The maximum absolute atomic E-state index is 5.90. The van der Waals surface area contributed by atoms with Gasteiger partial charge in [0.25, 0.3) is 0 Å². The van der Waals surface area contributed by atoms with E-state index in [1.165, 1.54) is 5.56 Å². The highest BCUT2D eigenvalue weighted by Crippen LogP contribution is 2.34. The minimum atomic E-state index is 0.682. The van der Waals surface area contributed by atoms with Crippen LogP contribution in [0, 0.1) is 6.92 Å². The Hall–Kier alpha value is -2.42. The first-order valence-electron chi connectivity index (χ1n) is 8.42. The van der Waals surface area contributed by atoms with Gasteiger partial charge in [0.15, 0.2) is 11.5 Å². The summed E-state index contributed by atoms with van der Waals surface area (Å²) in [6.45, 7) is 9.48. The van der Waals surface area contributed by atoms with E-state index >= 15 is 0 Å². The molecule has 3 heteroatoms. The van der Waals surface area contributed by atoms with E-state index in [0.29, 0.717) is 6.61 Å². The fraction of sp³-hybridized carbons (Fsp3) is 0.333. The van der Waals surface area contributed by atoms with Crippen molar-refractivity contribution in [2.45, 2.75) is 33.2 Å². The molecule has 0 fully saturated rings. The molecule has 2 aromatic rings. The number of para-hydroxylation sites is 1. The highest BCUT2D eigenvalue weighted by molar-refractivity contribution is 5.53. The Labute approximate surface area is 145 Å². The number of allylic oxidation sites excluding steroid dienone is 1. The van der Waals surface area contributed by atoms with Gasteiger partial charge in [-0.05, 0) is 49.1 Å². The maximum atomic E-state index is 5.90. The molecule has 0 aliphatic rings. The largest absolute Gasteiger partial charge is 0.493 e. The number of hydrogen-bond donors (Lipinski definition) is 1. The maximum Gasteiger partial charge on any atom is 0.164 e. The first kappa shape index (κ1) is 17.9. The molecular formula is C21H27NO2. The van der Waals surface area contributed by atoms with Crippen LogP contribution in [0.3, 0.4) is 0 Å². The van der Waals surface area contributed by atoms with Gasteiger partial charge in [-0.1, -0.05) is 31.2 Å². The highest BCUT2D eigenvalue weighted by Gasteiger charge is 2.12. The van der Waals surface area contributed by atoms with Crippen molar-refractivity contribution in [2.75, 3.05) is 19.0 Å². The molecule has 0 aliphatic carbocycles. The fourth-order valence-electron chi connectivity index (χ4n) is 2.62. The molecule has 0 unspecified atom stereocenters. The second-order valence-electron chi connectivity index (χ2n) is 5.80. The smallest absolute Gasteiger partial charge is 0.164 e. The van der Waals surface area contributed by atoms with E-state index in [0.717, 1.165) is 47.7 Å². The van der Waals surface area contributed by atoms with Crippen LogP contribution in [0.1, 0.15) is 30.0 Å². The molecule has 0 bridgehead atoms. The number of ether oxygens (including phenoxy) is 2. The van der Waals surface area contributed by atoms with Crippen LogP contribution >= 0.6 is 0 Å². The van der Waals surface area contributed by atoms with Gasteiger partial charge in [0.2, 0.25) is 0 Å². The molecule has 0 aromatic heterocycles. The number of anilines is 1. The van der Waals surface area contributed by atoms with Gasteiger partial charge < -0.3 is 14.8 Å². The second-order valence-corrected chi connectivity index (χ2v) is 5.80. The molecule has 128 valence electrons. The predicted octanol–water partition coefficient (Wildman–Crippen LogP) is 5.13. The van der Waals surface area contributed by atoms with Crippen molar-refractivity contribution in [3.63, 3.8) is 0 Å². The Morgan fingerprint density at radius 1 is 1.21 bits per heavy atom. The number of benzene rings is 2. The van der Waals surface area contributed by atoms with Crippen LogP contribution in [-0.2, 0) is 13.0 Å².